The van der Waals surface area contributed by atoms with Gasteiger partial charge in [0.2, 0.25) is 5.91 Å². The second-order valence-electron chi connectivity index (χ2n) is 7.52. The normalized spacial score (nSPS) is 12.7. The number of amides is 2. The number of fused-ring (bicyclic) bond motifs is 1. The zero-order valence-corrected chi connectivity index (χ0v) is 15.6. The number of aromatic nitrogens is 3. The molecule has 0 radical (unpaired) electrons. The number of carbonyl (C=O) groups is 2. The number of rotatable bonds is 5. The van der Waals surface area contributed by atoms with Crippen LogP contribution in [0.4, 0.5) is 0 Å². The average molecular weight is 365 g/mol. The van der Waals surface area contributed by atoms with E-state index in [0.717, 1.165) is 11.2 Å². The Morgan fingerprint density at radius 2 is 1.85 bits per heavy atom. The van der Waals surface area contributed by atoms with Crippen LogP contribution in [0, 0.1) is 5.41 Å². The summed E-state index contributed by atoms with van der Waals surface area (Å²) in [5.41, 5.74) is 6.89. The Bertz CT molecular complexity index is 973. The number of hydrogen-bond acceptors (Lipinski definition) is 4. The van der Waals surface area contributed by atoms with Crippen molar-refractivity contribution in [1.82, 2.24) is 20.1 Å². The molecule has 0 aliphatic heterocycles. The van der Waals surface area contributed by atoms with Gasteiger partial charge in [-0.3, -0.25) is 19.3 Å². The number of primary amides is 1. The molecule has 3 aromatic rings. The van der Waals surface area contributed by atoms with Gasteiger partial charge in [0.05, 0.1) is 17.8 Å². The second-order valence-corrected chi connectivity index (χ2v) is 7.52. The highest BCUT2D eigenvalue weighted by atomic mass is 16.2. The molecular formula is C20H23N5O2. The SMILES string of the molecule is CC(C)(C)C(NC(=O)c1nn(Cc2ccccn2)c2ccccc12)C(N)=O. The molecule has 0 aliphatic carbocycles. The van der Waals surface area contributed by atoms with Crippen molar-refractivity contribution in [2.75, 3.05) is 0 Å². The van der Waals surface area contributed by atoms with E-state index in [4.69, 9.17) is 5.73 Å². The molecular weight excluding hydrogens is 342 g/mol. The fourth-order valence-corrected chi connectivity index (χ4v) is 2.97. The molecule has 2 aromatic heterocycles. The van der Waals surface area contributed by atoms with E-state index in [9.17, 15) is 9.59 Å². The fourth-order valence-electron chi connectivity index (χ4n) is 2.97. The summed E-state index contributed by atoms with van der Waals surface area (Å²) < 4.78 is 1.74. The van der Waals surface area contributed by atoms with Gasteiger partial charge < -0.3 is 11.1 Å². The van der Waals surface area contributed by atoms with Gasteiger partial charge in [-0.05, 0) is 23.6 Å². The summed E-state index contributed by atoms with van der Waals surface area (Å²) in [5, 5.41) is 7.94. The molecule has 0 bridgehead atoms. The van der Waals surface area contributed by atoms with E-state index in [1.165, 1.54) is 0 Å². The van der Waals surface area contributed by atoms with Crippen molar-refractivity contribution in [3.8, 4) is 0 Å². The third-order valence-corrected chi connectivity index (χ3v) is 4.34. The van der Waals surface area contributed by atoms with Crippen LogP contribution in [0.2, 0.25) is 0 Å². The molecule has 1 atom stereocenters. The second kappa shape index (κ2) is 7.19. The van der Waals surface area contributed by atoms with Crippen LogP contribution in [0.25, 0.3) is 10.9 Å². The first-order chi connectivity index (χ1) is 12.8. The largest absolute Gasteiger partial charge is 0.368 e. The highest BCUT2D eigenvalue weighted by molar-refractivity contribution is 6.06. The molecule has 2 amide bonds. The smallest absolute Gasteiger partial charge is 0.273 e. The third-order valence-electron chi connectivity index (χ3n) is 4.34. The summed E-state index contributed by atoms with van der Waals surface area (Å²) in [6.45, 7) is 5.98. The van der Waals surface area contributed by atoms with E-state index in [-0.39, 0.29) is 5.69 Å². The molecule has 3 rings (SSSR count). The van der Waals surface area contributed by atoms with E-state index < -0.39 is 23.3 Å². The van der Waals surface area contributed by atoms with Crippen molar-refractivity contribution in [3.63, 3.8) is 0 Å². The molecule has 3 N–H and O–H groups in total. The van der Waals surface area contributed by atoms with Gasteiger partial charge in [0.25, 0.3) is 5.91 Å². The molecule has 140 valence electrons. The maximum absolute atomic E-state index is 12.9. The van der Waals surface area contributed by atoms with Crippen molar-refractivity contribution in [3.05, 3.63) is 60.0 Å². The Hall–Kier alpha value is -3.22. The highest BCUT2D eigenvalue weighted by Gasteiger charge is 2.32. The Kier molecular flexibility index (Phi) is 4.94. The van der Waals surface area contributed by atoms with E-state index in [2.05, 4.69) is 15.4 Å². The lowest BCUT2D eigenvalue weighted by Crippen LogP contribution is -2.52. The number of nitrogens with one attached hydrogen (secondary N) is 1. The van der Waals surface area contributed by atoms with Crippen molar-refractivity contribution >= 4 is 22.7 Å². The van der Waals surface area contributed by atoms with Gasteiger partial charge in [-0.25, -0.2) is 0 Å². The molecule has 7 nitrogen and oxygen atoms in total. The zero-order chi connectivity index (χ0) is 19.6. The van der Waals surface area contributed by atoms with Gasteiger partial charge in [-0.1, -0.05) is 45.0 Å². The summed E-state index contributed by atoms with van der Waals surface area (Å²) in [6, 6.07) is 12.3. The molecule has 0 saturated heterocycles. The van der Waals surface area contributed by atoms with Crippen LogP contribution in [0.3, 0.4) is 0 Å². The number of hydrogen-bond donors (Lipinski definition) is 2. The highest BCUT2D eigenvalue weighted by Crippen LogP contribution is 2.22. The Morgan fingerprint density at radius 3 is 2.48 bits per heavy atom. The van der Waals surface area contributed by atoms with E-state index in [0.29, 0.717) is 11.9 Å². The lowest BCUT2D eigenvalue weighted by Gasteiger charge is -2.28. The lowest BCUT2D eigenvalue weighted by atomic mass is 9.86. The van der Waals surface area contributed by atoms with Crippen molar-refractivity contribution in [1.29, 1.82) is 0 Å². The van der Waals surface area contributed by atoms with Gasteiger partial charge in [0, 0.05) is 11.6 Å². The Balaban J connectivity index is 1.97. The number of pyridine rings is 1. The molecule has 7 heteroatoms. The van der Waals surface area contributed by atoms with Crippen LogP contribution in [0.5, 0.6) is 0 Å². The molecule has 0 saturated carbocycles. The molecule has 27 heavy (non-hydrogen) atoms. The van der Waals surface area contributed by atoms with E-state index >= 15 is 0 Å². The average Bonchev–Trinajstić information content (AvgIpc) is 2.98. The van der Waals surface area contributed by atoms with Crippen LogP contribution in [-0.4, -0.2) is 32.6 Å². The fraction of sp³-hybridized carbons (Fsp3) is 0.300. The summed E-state index contributed by atoms with van der Waals surface area (Å²) >= 11 is 0. The molecule has 1 aromatic carbocycles. The number of benzene rings is 1. The number of nitrogens with two attached hydrogens (primary N) is 1. The first-order valence-electron chi connectivity index (χ1n) is 8.73. The minimum Gasteiger partial charge on any atom is -0.368 e. The van der Waals surface area contributed by atoms with Gasteiger partial charge in [-0.2, -0.15) is 5.10 Å². The van der Waals surface area contributed by atoms with Crippen LogP contribution in [0.1, 0.15) is 37.0 Å². The van der Waals surface area contributed by atoms with Gasteiger partial charge in [0.1, 0.15) is 6.04 Å². The summed E-state index contributed by atoms with van der Waals surface area (Å²) in [7, 11) is 0. The van der Waals surface area contributed by atoms with Gasteiger partial charge in [0.15, 0.2) is 5.69 Å². The maximum Gasteiger partial charge on any atom is 0.273 e. The minimum atomic E-state index is -0.801. The predicted octanol–water partition coefficient (Wildman–Crippen LogP) is 2.11. The number of nitrogens with zero attached hydrogens (tertiary/aromatic N) is 3. The molecule has 0 aliphatic rings. The Labute approximate surface area is 157 Å². The third kappa shape index (κ3) is 3.97. The molecule has 0 fully saturated rings. The first-order valence-corrected chi connectivity index (χ1v) is 8.73. The molecule has 1 unspecified atom stereocenters. The van der Waals surface area contributed by atoms with Gasteiger partial charge in [-0.15, -0.1) is 0 Å². The predicted molar refractivity (Wildman–Crippen MR) is 103 cm³/mol. The monoisotopic (exact) mass is 365 g/mol. The molecule has 2 heterocycles. The number of carbonyl (C=O) groups excluding carboxylic acids is 2. The summed E-state index contributed by atoms with van der Waals surface area (Å²) in [4.78, 5) is 29.0. The zero-order valence-electron chi connectivity index (χ0n) is 15.6. The minimum absolute atomic E-state index is 0.261. The Morgan fingerprint density at radius 1 is 1.15 bits per heavy atom. The van der Waals surface area contributed by atoms with Crippen LogP contribution < -0.4 is 11.1 Å². The lowest BCUT2D eigenvalue weighted by molar-refractivity contribution is -0.122. The van der Waals surface area contributed by atoms with Crippen LogP contribution in [-0.2, 0) is 11.3 Å². The first kappa shape index (κ1) is 18.6. The molecule has 0 spiro atoms. The maximum atomic E-state index is 12.9. The summed E-state index contributed by atoms with van der Waals surface area (Å²) in [5.74, 6) is -1.00. The van der Waals surface area contributed by atoms with E-state index in [1.807, 2.05) is 63.2 Å². The quantitative estimate of drug-likeness (QED) is 0.723. The standard InChI is InChI=1S/C20H23N5O2/c1-20(2,3)17(18(21)26)23-19(27)16-14-9-4-5-10-15(14)25(24-16)12-13-8-6-7-11-22-13/h4-11,17H,12H2,1-3H3,(H2,21,26)(H,23,27). The van der Waals surface area contributed by atoms with Crippen molar-refractivity contribution in [2.45, 2.75) is 33.4 Å². The van der Waals surface area contributed by atoms with Crippen molar-refractivity contribution in [2.24, 2.45) is 11.1 Å². The summed E-state index contributed by atoms with van der Waals surface area (Å²) in [6.07, 6.45) is 1.72. The van der Waals surface area contributed by atoms with Crippen molar-refractivity contribution < 1.29 is 9.59 Å². The number of para-hydroxylation sites is 1. The van der Waals surface area contributed by atoms with Crippen LogP contribution >= 0.6 is 0 Å². The van der Waals surface area contributed by atoms with E-state index in [1.54, 1.807) is 10.9 Å². The van der Waals surface area contributed by atoms with Crippen LogP contribution in [0.15, 0.2) is 48.7 Å². The topological polar surface area (TPSA) is 103 Å². The van der Waals surface area contributed by atoms with Gasteiger partial charge >= 0.3 is 0 Å².